The Morgan fingerprint density at radius 2 is 0.368 bits per heavy atom. The van der Waals surface area contributed by atoms with E-state index in [4.69, 9.17) is 29.9 Å². The largest absolute Gasteiger partial charge is 0.268 e. The summed E-state index contributed by atoms with van der Waals surface area (Å²) in [4.78, 5) is 117. The molecule has 0 N–H and O–H groups in total. The van der Waals surface area contributed by atoms with Crippen molar-refractivity contribution < 1.29 is 28.8 Å². The van der Waals surface area contributed by atoms with Gasteiger partial charge >= 0.3 is 0 Å². The van der Waals surface area contributed by atoms with Crippen molar-refractivity contribution in [1.29, 1.82) is 0 Å². The van der Waals surface area contributed by atoms with Crippen molar-refractivity contribution in [3.05, 3.63) is 464 Å². The second-order valence-electron chi connectivity index (χ2n) is 32.8. The Labute approximate surface area is 762 Å². The van der Waals surface area contributed by atoms with Crippen LogP contribution in [0.15, 0.2) is 431 Å². The van der Waals surface area contributed by atoms with Gasteiger partial charge in [-0.3, -0.25) is 28.8 Å². The van der Waals surface area contributed by atoms with Crippen molar-refractivity contribution in [2.24, 2.45) is 0 Å². The lowest BCUT2D eigenvalue weighted by Gasteiger charge is -2.28. The molecule has 0 bridgehead atoms. The van der Waals surface area contributed by atoms with Gasteiger partial charge in [-0.05, 0) is 178 Å². The van der Waals surface area contributed by atoms with Crippen molar-refractivity contribution >= 4 is 128 Å². The summed E-state index contributed by atoms with van der Waals surface area (Å²) in [7, 11) is 0. The SMILES string of the molecule is O=C1c2cccc3c(-c4ccc(-c5ccccc5)c5ccccc45)ccc(c23)C(=O)N1c1ccc2ccccc2c1.O=C1c2cccc3c(-c4nc(-c5ccccc5)nc(-c5ccc(-c6ccccc6)cc5)n4)ccc(c23)C(=O)N1c1ccc2ccccc2c1.O=C1c2cccc3c(-c4nc(-c5ccccc5)nc(-c5ccccc5)n4)ccc(c23)C(=O)N1c1ccc2ccccc2c1. The van der Waals surface area contributed by atoms with E-state index in [1.165, 1.54) is 20.3 Å². The number of rotatable bonds is 12. The number of hydrogen-bond acceptors (Lipinski definition) is 12. The smallest absolute Gasteiger partial charge is 0.265 e. The van der Waals surface area contributed by atoms with Crippen molar-refractivity contribution in [2.45, 2.75) is 0 Å². The third-order valence-electron chi connectivity index (χ3n) is 25.1. The zero-order chi connectivity index (χ0) is 89.3. The van der Waals surface area contributed by atoms with Crippen LogP contribution in [0.25, 0.3) is 177 Å². The van der Waals surface area contributed by atoms with E-state index in [9.17, 15) is 28.8 Å². The topological polar surface area (TPSA) is 189 Å². The second kappa shape index (κ2) is 33.1. The summed E-state index contributed by atoms with van der Waals surface area (Å²) in [5.74, 6) is 1.01. The summed E-state index contributed by atoms with van der Waals surface area (Å²) >= 11 is 0. The van der Waals surface area contributed by atoms with Gasteiger partial charge < -0.3 is 0 Å². The van der Waals surface area contributed by atoms with Crippen LogP contribution in [0, 0.1) is 0 Å². The second-order valence-corrected chi connectivity index (χ2v) is 32.8. The number of amides is 6. The molecule has 0 atom stereocenters. The molecule has 0 radical (unpaired) electrons. The van der Waals surface area contributed by atoms with Crippen LogP contribution in [-0.2, 0) is 0 Å². The summed E-state index contributed by atoms with van der Waals surface area (Å²) in [6, 6.07) is 140. The van der Waals surface area contributed by atoms with E-state index in [-0.39, 0.29) is 35.4 Å². The molecule has 0 unspecified atom stereocenters. The first-order valence-corrected chi connectivity index (χ1v) is 43.7. The van der Waals surface area contributed by atoms with E-state index in [0.29, 0.717) is 107 Å². The van der Waals surface area contributed by atoms with Gasteiger partial charge in [0.25, 0.3) is 35.4 Å². The number of imide groups is 3. The average Bonchev–Trinajstić information content (AvgIpc) is 0.737. The highest BCUT2D eigenvalue weighted by Crippen LogP contribution is 2.46. The standard InChI is InChI=1S/C43H26N4O2.C38H23NO2.C37H22N4O2/c48-42-36-17-9-16-34-35(24-25-37(38(34)36)43(49)47(42)33-23-22-28-12-7-8-15-32(28)26-33)41-45-39(30-13-5-2-6-14-30)44-40(46-41)31-20-18-29(19-21-31)27-10-3-1-4-11-27;40-37-34-16-8-15-33-32(31-20-19-28(25-10-2-1-3-11-25)29-13-6-7-14-30(29)31)21-22-35(36(33)34)38(41)39(37)27-18-17-24-9-4-5-12-26(24)23-27;42-36-30-17-9-16-28-29(35-39-33(24-11-3-1-4-12-24)38-34(40-35)25-13-5-2-6-14-25)20-21-31(32(28)30)37(43)41(36)27-19-18-23-10-7-8-15-26(23)22-27/h1-26H;1-23H;1-22H. The number of carbonyl (C=O) groups excluding carboxylic acids is 6. The van der Waals surface area contributed by atoms with Gasteiger partial charge in [-0.2, -0.15) is 0 Å². The number of hydrogen-bond donors (Lipinski definition) is 0. The lowest BCUT2D eigenvalue weighted by Crippen LogP contribution is -2.40. The van der Waals surface area contributed by atoms with Gasteiger partial charge in [-0.15, -0.1) is 0 Å². The molecule has 0 aliphatic carbocycles. The molecule has 6 amide bonds. The average molecular weight is 1710 g/mol. The molecule has 25 rings (SSSR count). The molecule has 15 nitrogen and oxygen atoms in total. The summed E-state index contributed by atoms with van der Waals surface area (Å²) in [6.45, 7) is 0. The van der Waals surface area contributed by atoms with Crippen molar-refractivity contribution in [2.75, 3.05) is 14.7 Å². The number of aromatic nitrogens is 6. The first-order chi connectivity index (χ1) is 65.5. The first-order valence-electron chi connectivity index (χ1n) is 43.7. The van der Waals surface area contributed by atoms with E-state index < -0.39 is 0 Å². The molecule has 3 aliphatic heterocycles. The van der Waals surface area contributed by atoms with E-state index in [0.717, 1.165) is 115 Å². The number of anilines is 3. The first kappa shape index (κ1) is 79.3. The fourth-order valence-corrected chi connectivity index (χ4v) is 18.7. The van der Waals surface area contributed by atoms with Gasteiger partial charge in [0.05, 0.1) is 17.1 Å². The van der Waals surface area contributed by atoms with Crippen LogP contribution < -0.4 is 14.7 Å². The lowest BCUT2D eigenvalue weighted by atomic mass is 9.86. The van der Waals surface area contributed by atoms with Crippen molar-refractivity contribution in [1.82, 2.24) is 29.9 Å². The normalized spacial score (nSPS) is 12.7. The molecule has 5 heterocycles. The summed E-state index contributed by atoms with van der Waals surface area (Å²) < 4.78 is 0. The molecule has 20 aromatic carbocycles. The zero-order valence-electron chi connectivity index (χ0n) is 71.0. The van der Waals surface area contributed by atoms with Crippen LogP contribution in [0.3, 0.4) is 0 Å². The van der Waals surface area contributed by atoms with Crippen molar-refractivity contribution in [3.8, 4) is 102 Å². The summed E-state index contributed by atoms with van der Waals surface area (Å²) in [5, 5.41) is 12.6. The highest BCUT2D eigenvalue weighted by molar-refractivity contribution is 6.39. The van der Waals surface area contributed by atoms with Gasteiger partial charge in [0.1, 0.15) is 0 Å². The molecule has 133 heavy (non-hydrogen) atoms. The monoisotopic (exact) mass is 1710 g/mol. The molecule has 0 fully saturated rings. The Morgan fingerprint density at radius 1 is 0.143 bits per heavy atom. The van der Waals surface area contributed by atoms with Crippen LogP contribution in [0.2, 0.25) is 0 Å². The van der Waals surface area contributed by atoms with Crippen LogP contribution in [0.4, 0.5) is 17.1 Å². The third kappa shape index (κ3) is 14.1. The van der Waals surface area contributed by atoms with Gasteiger partial charge in [-0.25, -0.2) is 44.6 Å². The Kier molecular flexibility index (Phi) is 19.8. The van der Waals surface area contributed by atoms with Gasteiger partial charge in [-0.1, -0.05) is 346 Å². The molecule has 15 heteroatoms. The lowest BCUT2D eigenvalue weighted by molar-refractivity contribution is 0.0877. The van der Waals surface area contributed by atoms with Gasteiger partial charge in [0.2, 0.25) is 0 Å². The van der Waals surface area contributed by atoms with E-state index in [1.807, 2.05) is 322 Å². The molecule has 0 saturated heterocycles. The Balaban J connectivity index is 0.000000113. The number of benzene rings is 20. The maximum absolute atomic E-state index is 14.1. The van der Waals surface area contributed by atoms with Crippen molar-refractivity contribution in [3.63, 3.8) is 0 Å². The molecule has 624 valence electrons. The van der Waals surface area contributed by atoms with Gasteiger partial charge in [0, 0.05) is 82.9 Å². The third-order valence-corrected chi connectivity index (χ3v) is 25.1. The van der Waals surface area contributed by atoms with E-state index >= 15 is 0 Å². The Bertz CT molecular complexity index is 8470. The van der Waals surface area contributed by atoms with Crippen LogP contribution in [0.1, 0.15) is 62.1 Å². The van der Waals surface area contributed by atoms with Crippen LogP contribution in [-0.4, -0.2) is 65.3 Å². The minimum atomic E-state index is -0.365. The van der Waals surface area contributed by atoms with Gasteiger partial charge in [0.15, 0.2) is 34.9 Å². The zero-order valence-corrected chi connectivity index (χ0v) is 71.0. The summed E-state index contributed by atoms with van der Waals surface area (Å²) in [5.41, 5.74) is 16.0. The van der Waals surface area contributed by atoms with Crippen LogP contribution >= 0.6 is 0 Å². The predicted molar refractivity (Wildman–Crippen MR) is 530 cm³/mol. The Morgan fingerprint density at radius 3 is 0.722 bits per heavy atom. The highest BCUT2D eigenvalue weighted by Gasteiger charge is 2.39. The molecule has 0 spiro atoms. The number of carbonyl (C=O) groups is 6. The highest BCUT2D eigenvalue weighted by atomic mass is 16.2. The molecule has 22 aromatic rings. The van der Waals surface area contributed by atoms with E-state index in [1.54, 1.807) is 24.3 Å². The number of nitrogens with zero attached hydrogens (tertiary/aromatic N) is 9. The fraction of sp³-hybridized carbons (Fsp3) is 0. The molecule has 0 saturated carbocycles. The minimum Gasteiger partial charge on any atom is -0.268 e. The fourth-order valence-electron chi connectivity index (χ4n) is 18.7. The predicted octanol–water partition coefficient (Wildman–Crippen LogP) is 26.9. The maximum atomic E-state index is 14.1. The summed E-state index contributed by atoms with van der Waals surface area (Å²) in [6.07, 6.45) is 0. The quantitative estimate of drug-likeness (QED) is 0.105. The maximum Gasteiger partial charge on any atom is 0.265 e. The Hall–Kier alpha value is -18.3. The minimum absolute atomic E-state index is 0.301. The van der Waals surface area contributed by atoms with Crippen LogP contribution in [0.5, 0.6) is 0 Å². The molecular weight excluding hydrogens is 1640 g/mol. The molecule has 2 aromatic heterocycles. The van der Waals surface area contributed by atoms with E-state index in [2.05, 4.69) is 84.9 Å². The molecular formula is C118H71N9O6. The molecule has 3 aliphatic rings. The number of fused-ring (bicyclic) bond motifs is 4.